The maximum Gasteiger partial charge on any atom is 0.315 e. The van der Waals surface area contributed by atoms with E-state index in [0.29, 0.717) is 0 Å². The molecule has 2 rings (SSSR count). The molecule has 2 nitrogen and oxygen atoms in total. The zero-order valence-corrected chi connectivity index (χ0v) is 11.5. The van der Waals surface area contributed by atoms with Gasteiger partial charge in [-0.2, -0.15) is 0 Å². The lowest BCUT2D eigenvalue weighted by Crippen LogP contribution is -2.14. The van der Waals surface area contributed by atoms with Crippen LogP contribution in [-0.2, 0) is 4.79 Å². The zero-order valence-electron chi connectivity index (χ0n) is 11.5. The van der Waals surface area contributed by atoms with Crippen LogP contribution in [0.5, 0.6) is 0 Å². The van der Waals surface area contributed by atoms with Gasteiger partial charge in [0, 0.05) is 0 Å². The Kier molecular flexibility index (Phi) is 3.70. The molecule has 0 fully saturated rings. The predicted octanol–water partition coefficient (Wildman–Crippen LogP) is 3.83. The summed E-state index contributed by atoms with van der Waals surface area (Å²) in [4.78, 5) is 11.6. The van der Waals surface area contributed by atoms with Gasteiger partial charge in [-0.3, -0.25) is 4.79 Å². The molecule has 0 aromatic heterocycles. The van der Waals surface area contributed by atoms with Crippen LogP contribution in [0.2, 0.25) is 0 Å². The highest BCUT2D eigenvalue weighted by Crippen LogP contribution is 2.28. The third-order valence-electron chi connectivity index (χ3n) is 3.39. The van der Waals surface area contributed by atoms with Crippen LogP contribution in [0.15, 0.2) is 42.5 Å². The quantitative estimate of drug-likeness (QED) is 0.903. The molecule has 1 atom stereocenters. The molecule has 0 radical (unpaired) electrons. The summed E-state index contributed by atoms with van der Waals surface area (Å²) in [7, 11) is 0. The van der Waals surface area contributed by atoms with Crippen molar-refractivity contribution in [1.29, 1.82) is 0 Å². The molecule has 1 unspecified atom stereocenters. The Balaban J connectivity index is 2.51. The van der Waals surface area contributed by atoms with Crippen LogP contribution in [0.1, 0.15) is 33.7 Å². The van der Waals surface area contributed by atoms with E-state index in [9.17, 15) is 9.90 Å². The second-order valence-electron chi connectivity index (χ2n) is 5.04. The maximum atomic E-state index is 11.6. The summed E-state index contributed by atoms with van der Waals surface area (Å²) >= 11 is 0. The minimum Gasteiger partial charge on any atom is -0.481 e. The fraction of sp³-hybridized carbons (Fsp3) is 0.235. The number of carboxylic acids is 1. The SMILES string of the molecule is Cc1ccc(C(C(=O)O)c2ccc(C)cc2C)cc1. The summed E-state index contributed by atoms with van der Waals surface area (Å²) in [6.07, 6.45) is 0. The highest BCUT2D eigenvalue weighted by molar-refractivity contribution is 5.81. The van der Waals surface area contributed by atoms with E-state index in [0.717, 1.165) is 27.8 Å². The zero-order chi connectivity index (χ0) is 14.0. The van der Waals surface area contributed by atoms with Gasteiger partial charge in [-0.1, -0.05) is 53.6 Å². The highest BCUT2D eigenvalue weighted by atomic mass is 16.4. The number of aryl methyl sites for hydroxylation is 3. The highest BCUT2D eigenvalue weighted by Gasteiger charge is 2.23. The Morgan fingerprint density at radius 2 is 1.53 bits per heavy atom. The van der Waals surface area contributed by atoms with Crippen molar-refractivity contribution >= 4 is 5.97 Å². The number of benzene rings is 2. The smallest absolute Gasteiger partial charge is 0.315 e. The first-order valence-electron chi connectivity index (χ1n) is 6.35. The Morgan fingerprint density at radius 1 is 0.947 bits per heavy atom. The number of carboxylic acid groups (broad SMARTS) is 1. The van der Waals surface area contributed by atoms with E-state index in [-0.39, 0.29) is 0 Å². The van der Waals surface area contributed by atoms with E-state index >= 15 is 0 Å². The van der Waals surface area contributed by atoms with Crippen LogP contribution >= 0.6 is 0 Å². The standard InChI is InChI=1S/C17H18O2/c1-11-4-7-14(8-5-11)16(17(18)19)15-9-6-12(2)10-13(15)3/h4-10,16H,1-3H3,(H,18,19). The molecule has 19 heavy (non-hydrogen) atoms. The molecule has 0 aliphatic heterocycles. The average Bonchev–Trinajstić information content (AvgIpc) is 2.34. The third kappa shape index (κ3) is 2.84. The molecule has 2 aromatic carbocycles. The number of aliphatic carboxylic acids is 1. The monoisotopic (exact) mass is 254 g/mol. The molecular formula is C17H18O2. The van der Waals surface area contributed by atoms with Gasteiger partial charge in [0.1, 0.15) is 5.92 Å². The Morgan fingerprint density at radius 3 is 2.05 bits per heavy atom. The van der Waals surface area contributed by atoms with Crippen molar-refractivity contribution in [3.63, 3.8) is 0 Å². The third-order valence-corrected chi connectivity index (χ3v) is 3.39. The summed E-state index contributed by atoms with van der Waals surface area (Å²) < 4.78 is 0. The van der Waals surface area contributed by atoms with Crippen LogP contribution in [0.25, 0.3) is 0 Å². The van der Waals surface area contributed by atoms with Crippen LogP contribution in [-0.4, -0.2) is 11.1 Å². The minimum atomic E-state index is -0.809. The van der Waals surface area contributed by atoms with Crippen LogP contribution in [0.4, 0.5) is 0 Å². The minimum absolute atomic E-state index is 0.596. The summed E-state index contributed by atoms with van der Waals surface area (Å²) in [5.74, 6) is -1.41. The second kappa shape index (κ2) is 5.27. The molecule has 0 bridgehead atoms. The fourth-order valence-electron chi connectivity index (χ4n) is 2.36. The molecule has 0 spiro atoms. The molecule has 0 aliphatic carbocycles. The fourth-order valence-corrected chi connectivity index (χ4v) is 2.36. The molecule has 0 heterocycles. The van der Waals surface area contributed by atoms with Crippen LogP contribution < -0.4 is 0 Å². The van der Waals surface area contributed by atoms with E-state index in [1.54, 1.807) is 0 Å². The molecule has 0 saturated carbocycles. The van der Waals surface area contributed by atoms with Crippen LogP contribution in [0.3, 0.4) is 0 Å². The number of rotatable bonds is 3. The van der Waals surface area contributed by atoms with E-state index in [2.05, 4.69) is 0 Å². The Labute approximate surface area is 113 Å². The summed E-state index contributed by atoms with van der Waals surface area (Å²) in [6, 6.07) is 13.6. The number of carbonyl (C=O) groups is 1. The molecule has 2 aromatic rings. The first-order valence-corrected chi connectivity index (χ1v) is 6.35. The molecule has 0 aliphatic rings. The van der Waals surface area contributed by atoms with Crippen molar-refractivity contribution in [2.45, 2.75) is 26.7 Å². The van der Waals surface area contributed by atoms with Crippen molar-refractivity contribution in [2.24, 2.45) is 0 Å². The van der Waals surface area contributed by atoms with Gasteiger partial charge in [0.05, 0.1) is 0 Å². The number of hydrogen-bond donors (Lipinski definition) is 1. The average molecular weight is 254 g/mol. The summed E-state index contributed by atoms with van der Waals surface area (Å²) in [5.41, 5.74) is 4.99. The molecule has 0 amide bonds. The van der Waals surface area contributed by atoms with Gasteiger partial charge in [-0.05, 0) is 37.5 Å². The lowest BCUT2D eigenvalue weighted by atomic mass is 9.87. The van der Waals surface area contributed by atoms with Crippen molar-refractivity contribution in [3.8, 4) is 0 Å². The van der Waals surface area contributed by atoms with Gasteiger partial charge in [0.15, 0.2) is 0 Å². The van der Waals surface area contributed by atoms with E-state index in [1.807, 2.05) is 63.2 Å². The lowest BCUT2D eigenvalue weighted by Gasteiger charge is -2.16. The molecule has 98 valence electrons. The van der Waals surface area contributed by atoms with Gasteiger partial charge >= 0.3 is 5.97 Å². The Hall–Kier alpha value is -2.09. The maximum absolute atomic E-state index is 11.6. The largest absolute Gasteiger partial charge is 0.481 e. The van der Waals surface area contributed by atoms with Gasteiger partial charge in [0.25, 0.3) is 0 Å². The van der Waals surface area contributed by atoms with Crippen LogP contribution in [0, 0.1) is 20.8 Å². The van der Waals surface area contributed by atoms with Gasteiger partial charge < -0.3 is 5.11 Å². The predicted molar refractivity (Wildman–Crippen MR) is 76.6 cm³/mol. The first-order chi connectivity index (χ1) is 8.99. The van der Waals surface area contributed by atoms with E-state index in [1.165, 1.54) is 0 Å². The van der Waals surface area contributed by atoms with E-state index in [4.69, 9.17) is 0 Å². The summed E-state index contributed by atoms with van der Waals surface area (Å²) in [5, 5.41) is 9.54. The molecular weight excluding hydrogens is 236 g/mol. The van der Waals surface area contributed by atoms with Crippen molar-refractivity contribution in [3.05, 3.63) is 70.3 Å². The molecule has 2 heteroatoms. The molecule has 0 saturated heterocycles. The second-order valence-corrected chi connectivity index (χ2v) is 5.04. The summed E-state index contributed by atoms with van der Waals surface area (Å²) in [6.45, 7) is 5.97. The van der Waals surface area contributed by atoms with Gasteiger partial charge in [0.2, 0.25) is 0 Å². The molecule has 1 N–H and O–H groups in total. The normalized spacial score (nSPS) is 12.2. The number of hydrogen-bond acceptors (Lipinski definition) is 1. The Bertz CT molecular complexity index is 597. The first kappa shape index (κ1) is 13.3. The van der Waals surface area contributed by atoms with Crippen molar-refractivity contribution in [2.75, 3.05) is 0 Å². The van der Waals surface area contributed by atoms with Gasteiger partial charge in [-0.15, -0.1) is 0 Å². The van der Waals surface area contributed by atoms with Crippen molar-refractivity contribution < 1.29 is 9.90 Å². The lowest BCUT2D eigenvalue weighted by molar-refractivity contribution is -0.137. The topological polar surface area (TPSA) is 37.3 Å². The van der Waals surface area contributed by atoms with Crippen molar-refractivity contribution in [1.82, 2.24) is 0 Å². The van der Waals surface area contributed by atoms with Gasteiger partial charge in [-0.25, -0.2) is 0 Å². The van der Waals surface area contributed by atoms with E-state index < -0.39 is 11.9 Å².